The summed E-state index contributed by atoms with van der Waals surface area (Å²) >= 11 is 0. The summed E-state index contributed by atoms with van der Waals surface area (Å²) in [6.07, 6.45) is 6.89. The molecule has 0 radical (unpaired) electrons. The first-order chi connectivity index (χ1) is 10.7. The second kappa shape index (κ2) is 6.22. The van der Waals surface area contributed by atoms with E-state index in [0.717, 1.165) is 11.3 Å². The summed E-state index contributed by atoms with van der Waals surface area (Å²) in [6.45, 7) is 2.04. The third-order valence-corrected chi connectivity index (χ3v) is 3.46. The molecule has 0 unspecified atom stereocenters. The lowest BCUT2D eigenvalue weighted by Gasteiger charge is -2.09. The van der Waals surface area contributed by atoms with Crippen LogP contribution in [0.25, 0.3) is 5.70 Å². The van der Waals surface area contributed by atoms with Crippen molar-refractivity contribution in [3.8, 4) is 0 Å². The van der Waals surface area contributed by atoms with Crippen molar-refractivity contribution in [3.05, 3.63) is 96.1 Å². The molecule has 0 saturated carbocycles. The zero-order valence-electron chi connectivity index (χ0n) is 12.3. The van der Waals surface area contributed by atoms with Gasteiger partial charge < -0.3 is 4.57 Å². The molecule has 0 N–H and O–H groups in total. The van der Waals surface area contributed by atoms with Gasteiger partial charge in [-0.2, -0.15) is 0 Å². The summed E-state index contributed by atoms with van der Waals surface area (Å²) in [7, 11) is 0. The van der Waals surface area contributed by atoms with Crippen LogP contribution in [0.2, 0.25) is 0 Å². The Morgan fingerprint density at radius 3 is 2.36 bits per heavy atom. The van der Waals surface area contributed by atoms with Gasteiger partial charge in [0.15, 0.2) is 5.78 Å². The monoisotopic (exact) mass is 288 g/mol. The van der Waals surface area contributed by atoms with Crippen molar-refractivity contribution >= 4 is 11.5 Å². The summed E-state index contributed by atoms with van der Waals surface area (Å²) in [5.74, 6) is -0.0233. The van der Waals surface area contributed by atoms with Crippen LogP contribution < -0.4 is 0 Å². The maximum atomic E-state index is 12.5. The van der Waals surface area contributed by atoms with Crippen LogP contribution in [0.4, 0.5) is 0 Å². The number of ketones is 1. The van der Waals surface area contributed by atoms with Gasteiger partial charge >= 0.3 is 0 Å². The highest BCUT2D eigenvalue weighted by atomic mass is 16.1. The first-order valence-corrected chi connectivity index (χ1v) is 7.10. The summed E-state index contributed by atoms with van der Waals surface area (Å²) < 4.78 is 1.85. The molecule has 0 aliphatic heterocycles. The molecule has 3 heteroatoms. The van der Waals surface area contributed by atoms with Crippen LogP contribution in [-0.2, 0) is 0 Å². The van der Waals surface area contributed by atoms with E-state index >= 15 is 0 Å². The van der Waals surface area contributed by atoms with Crippen LogP contribution in [-0.4, -0.2) is 15.3 Å². The topological polar surface area (TPSA) is 34.9 Å². The third-order valence-electron chi connectivity index (χ3n) is 3.46. The molecule has 1 aromatic heterocycles. The number of aromatic nitrogens is 2. The molecule has 3 aromatic rings. The minimum atomic E-state index is -0.0233. The third kappa shape index (κ3) is 3.04. The summed E-state index contributed by atoms with van der Waals surface area (Å²) in [4.78, 5) is 16.6. The van der Waals surface area contributed by atoms with Crippen molar-refractivity contribution in [2.45, 2.75) is 6.92 Å². The van der Waals surface area contributed by atoms with Gasteiger partial charge in [-0.1, -0.05) is 60.2 Å². The molecule has 108 valence electrons. The molecule has 0 spiro atoms. The number of carbonyl (C=O) groups excluding carboxylic acids is 1. The molecule has 22 heavy (non-hydrogen) atoms. The van der Waals surface area contributed by atoms with E-state index in [1.54, 1.807) is 18.6 Å². The smallest absolute Gasteiger partial charge is 0.187 e. The second-order valence-corrected chi connectivity index (χ2v) is 5.10. The summed E-state index contributed by atoms with van der Waals surface area (Å²) in [5.41, 5.74) is 3.65. The van der Waals surface area contributed by atoms with Crippen molar-refractivity contribution < 1.29 is 4.79 Å². The second-order valence-electron chi connectivity index (χ2n) is 5.10. The van der Waals surface area contributed by atoms with Gasteiger partial charge in [0.05, 0.1) is 12.0 Å². The van der Waals surface area contributed by atoms with Gasteiger partial charge in [0, 0.05) is 24.0 Å². The summed E-state index contributed by atoms with van der Waals surface area (Å²) in [6, 6.07) is 17.4. The molecule has 3 rings (SSSR count). The first-order valence-electron chi connectivity index (χ1n) is 7.10. The van der Waals surface area contributed by atoms with E-state index in [-0.39, 0.29) is 5.78 Å². The highest BCUT2D eigenvalue weighted by Gasteiger charge is 2.08. The van der Waals surface area contributed by atoms with Gasteiger partial charge in [-0.15, -0.1) is 0 Å². The first kappa shape index (κ1) is 14.0. The van der Waals surface area contributed by atoms with Gasteiger partial charge in [-0.3, -0.25) is 4.79 Å². The van der Waals surface area contributed by atoms with Crippen molar-refractivity contribution in [1.29, 1.82) is 0 Å². The average Bonchev–Trinajstić information content (AvgIpc) is 3.08. The Morgan fingerprint density at radius 1 is 1.00 bits per heavy atom. The fraction of sp³-hybridized carbons (Fsp3) is 0.0526. The molecule has 0 aliphatic carbocycles. The highest BCUT2D eigenvalue weighted by Crippen LogP contribution is 2.18. The molecule has 0 atom stereocenters. The van der Waals surface area contributed by atoms with E-state index in [1.165, 1.54) is 5.56 Å². The number of nitrogens with zero attached hydrogens (tertiary/aromatic N) is 2. The number of rotatable bonds is 4. The van der Waals surface area contributed by atoms with Crippen molar-refractivity contribution in [2.24, 2.45) is 0 Å². The molecular weight excluding hydrogens is 272 g/mol. The van der Waals surface area contributed by atoms with Crippen LogP contribution in [0, 0.1) is 6.92 Å². The molecular formula is C19H16N2O. The fourth-order valence-electron chi connectivity index (χ4n) is 2.24. The van der Waals surface area contributed by atoms with E-state index < -0.39 is 0 Å². The van der Waals surface area contributed by atoms with Gasteiger partial charge in [-0.05, 0) is 12.5 Å². The average molecular weight is 288 g/mol. The van der Waals surface area contributed by atoms with E-state index in [4.69, 9.17) is 0 Å². The normalized spacial score (nSPS) is 11.4. The molecule has 0 bridgehead atoms. The number of aryl methyl sites for hydroxylation is 1. The fourth-order valence-corrected chi connectivity index (χ4v) is 2.24. The minimum absolute atomic E-state index is 0.0233. The zero-order chi connectivity index (χ0) is 15.4. The maximum absolute atomic E-state index is 12.5. The Morgan fingerprint density at radius 2 is 1.73 bits per heavy atom. The molecule has 3 nitrogen and oxygen atoms in total. The Labute approximate surface area is 129 Å². The van der Waals surface area contributed by atoms with Gasteiger partial charge in [0.25, 0.3) is 0 Å². The molecule has 0 fully saturated rings. The number of benzene rings is 2. The number of hydrogen-bond donors (Lipinski definition) is 0. The predicted octanol–water partition coefficient (Wildman–Crippen LogP) is 3.96. The Kier molecular flexibility index (Phi) is 3.97. The lowest BCUT2D eigenvalue weighted by Crippen LogP contribution is -2.02. The minimum Gasteiger partial charge on any atom is -0.306 e. The molecule has 0 saturated heterocycles. The zero-order valence-corrected chi connectivity index (χ0v) is 12.3. The van der Waals surface area contributed by atoms with Crippen LogP contribution in [0.1, 0.15) is 21.5 Å². The quantitative estimate of drug-likeness (QED) is 0.538. The SMILES string of the molecule is Cc1ccc(/C(=C\C(=O)c2ccccc2)n2ccnc2)cc1. The van der Waals surface area contributed by atoms with Crippen molar-refractivity contribution in [3.63, 3.8) is 0 Å². The van der Waals surface area contributed by atoms with Crippen LogP contribution >= 0.6 is 0 Å². The van der Waals surface area contributed by atoms with E-state index in [0.29, 0.717) is 5.56 Å². The molecule has 0 aliphatic rings. The molecule has 0 amide bonds. The lowest BCUT2D eigenvalue weighted by molar-refractivity contribution is 0.104. The maximum Gasteiger partial charge on any atom is 0.187 e. The van der Waals surface area contributed by atoms with Gasteiger partial charge in [-0.25, -0.2) is 4.98 Å². The number of imidazole rings is 1. The number of allylic oxidation sites excluding steroid dienone is 1. The predicted molar refractivity (Wildman–Crippen MR) is 87.6 cm³/mol. The van der Waals surface area contributed by atoms with Crippen LogP contribution in [0.5, 0.6) is 0 Å². The van der Waals surface area contributed by atoms with Crippen molar-refractivity contribution in [1.82, 2.24) is 9.55 Å². The molecule has 2 aromatic carbocycles. The van der Waals surface area contributed by atoms with Crippen LogP contribution in [0.15, 0.2) is 79.4 Å². The van der Waals surface area contributed by atoms with E-state index in [1.807, 2.05) is 72.3 Å². The largest absolute Gasteiger partial charge is 0.306 e. The lowest BCUT2D eigenvalue weighted by atomic mass is 10.1. The molecule has 1 heterocycles. The van der Waals surface area contributed by atoms with E-state index in [9.17, 15) is 4.79 Å². The van der Waals surface area contributed by atoms with Crippen molar-refractivity contribution in [2.75, 3.05) is 0 Å². The Bertz CT molecular complexity index is 785. The highest BCUT2D eigenvalue weighted by molar-refractivity contribution is 6.08. The van der Waals surface area contributed by atoms with E-state index in [2.05, 4.69) is 4.98 Å². The van der Waals surface area contributed by atoms with Crippen LogP contribution in [0.3, 0.4) is 0 Å². The number of hydrogen-bond acceptors (Lipinski definition) is 2. The van der Waals surface area contributed by atoms with Gasteiger partial charge in [0.2, 0.25) is 0 Å². The number of carbonyl (C=O) groups is 1. The van der Waals surface area contributed by atoms with Gasteiger partial charge in [0.1, 0.15) is 0 Å². The summed E-state index contributed by atoms with van der Waals surface area (Å²) in [5, 5.41) is 0. The standard InChI is InChI=1S/C19H16N2O/c1-15-7-9-16(10-8-15)18(21-12-11-20-14-21)13-19(22)17-5-3-2-4-6-17/h2-14H,1H3/b18-13+. The Balaban J connectivity index is 2.04. The Hall–Kier alpha value is -2.94.